The molecular weight excluding hydrogens is 753 g/mol. The van der Waals surface area contributed by atoms with Gasteiger partial charge in [0.2, 0.25) is 0 Å². The van der Waals surface area contributed by atoms with Crippen molar-refractivity contribution >= 4 is 43.7 Å². The van der Waals surface area contributed by atoms with Gasteiger partial charge >= 0.3 is 0 Å². The van der Waals surface area contributed by atoms with Gasteiger partial charge < -0.3 is 8.98 Å². The first kappa shape index (κ1) is 34.5. The molecule has 0 N–H and O–H groups in total. The van der Waals surface area contributed by atoms with Crippen molar-refractivity contribution in [1.29, 1.82) is 0 Å². The fourth-order valence-electron chi connectivity index (χ4n) is 8.73. The number of benzene rings is 3. The van der Waals surface area contributed by atoms with Gasteiger partial charge in [-0.2, -0.15) is 0 Å². The largest absolute Gasteiger partial charge is 0.454 e. The van der Waals surface area contributed by atoms with Gasteiger partial charge in [-0.05, 0) is 91.0 Å². The van der Waals surface area contributed by atoms with Crippen molar-refractivity contribution in [2.24, 2.45) is 0 Å². The molecule has 0 atom stereocenters. The fraction of sp³-hybridized carbons (Fsp3) is 0. The molecule has 0 aliphatic heterocycles. The molecule has 3 aromatic carbocycles. The minimum Gasteiger partial charge on any atom is -0.454 e. The fourth-order valence-corrected chi connectivity index (χ4v) is 8.73. The molecule has 0 aliphatic rings. The highest BCUT2D eigenvalue weighted by Gasteiger charge is 2.27. The van der Waals surface area contributed by atoms with E-state index < -0.39 is 0 Å². The predicted molar refractivity (Wildman–Crippen MR) is 241 cm³/mol. The lowest BCUT2D eigenvalue weighted by molar-refractivity contribution is 0.668. The number of para-hydroxylation sites is 1. The number of rotatable bonds is 7. The van der Waals surface area contributed by atoms with Crippen LogP contribution in [0.25, 0.3) is 112 Å². The Kier molecular flexibility index (Phi) is 7.95. The van der Waals surface area contributed by atoms with Gasteiger partial charge in [0, 0.05) is 81.1 Å². The monoisotopic (exact) mass is 784 g/mol. The van der Waals surface area contributed by atoms with Crippen molar-refractivity contribution in [1.82, 2.24) is 39.0 Å². The number of hydrogen-bond donors (Lipinski definition) is 0. The molecule has 0 spiro atoms. The first-order valence-corrected chi connectivity index (χ1v) is 20.0. The molecule has 0 fully saturated rings. The first-order valence-electron chi connectivity index (χ1n) is 20.0. The molecule has 12 rings (SSSR count). The zero-order chi connectivity index (χ0) is 40.3. The number of hydrogen-bond acceptors (Lipinski definition) is 7. The van der Waals surface area contributed by atoms with Gasteiger partial charge in [0.1, 0.15) is 17.1 Å². The molecule has 9 aromatic heterocycles. The molecular formula is C52H32N8O. The third-order valence-electron chi connectivity index (χ3n) is 11.3. The number of nitrogens with zero attached hydrogens (tertiary/aromatic N) is 8. The minimum absolute atomic E-state index is 0.745. The van der Waals surface area contributed by atoms with Gasteiger partial charge in [0.15, 0.2) is 5.58 Å². The van der Waals surface area contributed by atoms with Crippen molar-refractivity contribution in [3.05, 3.63) is 195 Å². The van der Waals surface area contributed by atoms with Gasteiger partial charge in [0.05, 0.1) is 45.2 Å². The number of pyridine rings is 6. The van der Waals surface area contributed by atoms with Crippen LogP contribution in [0.3, 0.4) is 0 Å². The molecule has 9 heterocycles. The molecule has 0 bridgehead atoms. The third-order valence-corrected chi connectivity index (χ3v) is 11.3. The zero-order valence-corrected chi connectivity index (χ0v) is 32.5. The van der Waals surface area contributed by atoms with Crippen LogP contribution < -0.4 is 0 Å². The van der Waals surface area contributed by atoms with Crippen LogP contribution in [-0.4, -0.2) is 39.0 Å². The number of aromatic nitrogens is 8. The molecule has 61 heavy (non-hydrogen) atoms. The summed E-state index contributed by atoms with van der Waals surface area (Å²) >= 11 is 0. The first-order chi connectivity index (χ1) is 30.3. The van der Waals surface area contributed by atoms with E-state index in [1.807, 2.05) is 140 Å². The van der Waals surface area contributed by atoms with Crippen LogP contribution in [0.2, 0.25) is 0 Å². The van der Waals surface area contributed by atoms with E-state index in [-0.39, 0.29) is 0 Å². The predicted octanol–water partition coefficient (Wildman–Crippen LogP) is 12.2. The highest BCUT2D eigenvalue weighted by molar-refractivity contribution is 6.11. The summed E-state index contributed by atoms with van der Waals surface area (Å²) in [5.41, 5.74) is 13.1. The third kappa shape index (κ3) is 5.56. The Labute approximate surface area is 349 Å². The van der Waals surface area contributed by atoms with Gasteiger partial charge in [0.25, 0.3) is 0 Å². The summed E-state index contributed by atoms with van der Waals surface area (Å²) in [7, 11) is 0. The average Bonchev–Trinajstić information content (AvgIpc) is 4.01. The summed E-state index contributed by atoms with van der Waals surface area (Å²) in [5.74, 6) is 0.760. The van der Waals surface area contributed by atoms with Gasteiger partial charge in [-0.25, -0.2) is 4.98 Å². The highest BCUT2D eigenvalue weighted by atomic mass is 16.3. The average molecular weight is 785 g/mol. The van der Waals surface area contributed by atoms with Crippen LogP contribution in [0, 0.1) is 0 Å². The van der Waals surface area contributed by atoms with E-state index >= 15 is 0 Å². The summed E-state index contributed by atoms with van der Waals surface area (Å²) in [6.45, 7) is 0. The van der Waals surface area contributed by atoms with Crippen LogP contribution in [-0.2, 0) is 0 Å². The number of furan rings is 1. The van der Waals surface area contributed by atoms with Gasteiger partial charge in [-0.15, -0.1) is 0 Å². The maximum absolute atomic E-state index is 6.51. The molecule has 12 aromatic rings. The van der Waals surface area contributed by atoms with E-state index in [0.717, 1.165) is 112 Å². The van der Waals surface area contributed by atoms with Crippen LogP contribution in [0.4, 0.5) is 0 Å². The smallest absolute Gasteiger partial charge is 0.161 e. The van der Waals surface area contributed by atoms with E-state index in [9.17, 15) is 0 Å². The standard InChI is InChI=1S/C52H32N8O/c1-2-18-45-35(13-1)36-24-30-58-49(52(36)61-45)33-20-22-37-43(31-33)59(50(41-16-5-10-27-55-41)47(37)39-14-3-8-25-53-39)34-21-23-38-44(32-34)60(46-19-7-12-29-57-46)51(42-17-6-11-28-56-42)48(38)40-15-4-9-26-54-40/h1-32H. The van der Waals surface area contributed by atoms with Crippen LogP contribution in [0.5, 0.6) is 0 Å². The lowest BCUT2D eigenvalue weighted by Gasteiger charge is -2.14. The Hall–Kier alpha value is -8.56. The Morgan fingerprint density at radius 3 is 1.56 bits per heavy atom. The maximum Gasteiger partial charge on any atom is 0.161 e. The molecule has 0 saturated heterocycles. The molecule has 9 nitrogen and oxygen atoms in total. The molecule has 0 radical (unpaired) electrons. The summed E-state index contributed by atoms with van der Waals surface area (Å²) in [4.78, 5) is 29.5. The Morgan fingerprint density at radius 1 is 0.377 bits per heavy atom. The molecule has 0 amide bonds. The SMILES string of the molecule is c1ccc(-c2c(-c3ccccn3)n(-c3ccc4c(-c5ccccn5)c(-c5ccccn5)n(-c5ccccn5)c4c3)c3cc(-c4nccc5c4oc4ccccc45)ccc23)nc1. The molecule has 9 heteroatoms. The Morgan fingerprint density at radius 2 is 0.934 bits per heavy atom. The quantitative estimate of drug-likeness (QED) is 0.159. The summed E-state index contributed by atoms with van der Waals surface area (Å²) in [6.07, 6.45) is 11.0. The van der Waals surface area contributed by atoms with Gasteiger partial charge in [-0.3, -0.25) is 29.5 Å². The molecule has 0 aliphatic carbocycles. The molecule has 0 unspecified atom stereocenters. The second kappa shape index (κ2) is 14.1. The van der Waals surface area contributed by atoms with Crippen molar-refractivity contribution in [2.75, 3.05) is 0 Å². The zero-order valence-electron chi connectivity index (χ0n) is 32.5. The van der Waals surface area contributed by atoms with E-state index in [1.165, 1.54) is 0 Å². The molecule has 286 valence electrons. The molecule has 0 saturated carbocycles. The van der Waals surface area contributed by atoms with E-state index in [4.69, 9.17) is 34.3 Å². The van der Waals surface area contributed by atoms with E-state index in [1.54, 1.807) is 0 Å². The lowest BCUT2D eigenvalue weighted by Crippen LogP contribution is -2.02. The van der Waals surface area contributed by atoms with Crippen LogP contribution in [0.1, 0.15) is 0 Å². The Bertz CT molecular complexity index is 3570. The summed E-state index contributed by atoms with van der Waals surface area (Å²) < 4.78 is 11.0. The Balaban J connectivity index is 1.21. The highest BCUT2D eigenvalue weighted by Crippen LogP contribution is 2.46. The van der Waals surface area contributed by atoms with E-state index in [2.05, 4.69) is 63.7 Å². The maximum atomic E-state index is 6.51. The van der Waals surface area contributed by atoms with Crippen molar-refractivity contribution < 1.29 is 4.42 Å². The van der Waals surface area contributed by atoms with E-state index in [0.29, 0.717) is 0 Å². The summed E-state index contributed by atoms with van der Waals surface area (Å²) in [6, 6.07) is 53.3. The minimum atomic E-state index is 0.745. The summed E-state index contributed by atoms with van der Waals surface area (Å²) in [5, 5.41) is 4.10. The number of fused-ring (bicyclic) bond motifs is 5. The second-order valence-corrected chi connectivity index (χ2v) is 14.7. The van der Waals surface area contributed by atoms with Crippen molar-refractivity contribution in [3.63, 3.8) is 0 Å². The second-order valence-electron chi connectivity index (χ2n) is 14.7. The van der Waals surface area contributed by atoms with Gasteiger partial charge in [-0.1, -0.05) is 66.7 Å². The lowest BCUT2D eigenvalue weighted by atomic mass is 10.0. The van der Waals surface area contributed by atoms with Crippen LogP contribution in [0.15, 0.2) is 199 Å². The topological polar surface area (TPSA) is 100 Å². The van der Waals surface area contributed by atoms with Crippen molar-refractivity contribution in [2.45, 2.75) is 0 Å². The van der Waals surface area contributed by atoms with Crippen molar-refractivity contribution in [3.8, 4) is 68.1 Å². The van der Waals surface area contributed by atoms with Crippen LogP contribution >= 0.6 is 0 Å². The normalized spacial score (nSPS) is 11.6.